The first-order valence-electron chi connectivity index (χ1n) is 13.9. The second-order valence-corrected chi connectivity index (χ2v) is 11.1. The summed E-state index contributed by atoms with van der Waals surface area (Å²) in [5.41, 5.74) is 8.20. The van der Waals surface area contributed by atoms with E-state index < -0.39 is 23.8 Å². The molecule has 3 rings (SSSR count). The van der Waals surface area contributed by atoms with Crippen molar-refractivity contribution in [3.05, 3.63) is 89.0 Å². The number of aromatic nitrogens is 2. The Kier molecular flexibility index (Phi) is 11.6. The number of ketones is 1. The summed E-state index contributed by atoms with van der Waals surface area (Å²) in [6.07, 6.45) is -1.02. The molecule has 0 amide bonds. The highest BCUT2D eigenvalue weighted by molar-refractivity contribution is 7.80. The lowest BCUT2D eigenvalue weighted by Gasteiger charge is -2.37. The third kappa shape index (κ3) is 8.87. The maximum absolute atomic E-state index is 13.9. The number of halogens is 3. The summed E-state index contributed by atoms with van der Waals surface area (Å²) in [4.78, 5) is 19.6. The molecule has 3 N–H and O–H groups in total. The van der Waals surface area contributed by atoms with Gasteiger partial charge in [-0.3, -0.25) is 4.79 Å². The molecule has 0 saturated carbocycles. The van der Waals surface area contributed by atoms with Gasteiger partial charge in [-0.2, -0.15) is 18.4 Å². The SMILES string of the molecule is CCCNC(=S)N(Cc1ccccc1C(F)(F)F)C(N)[C@H](CC(C)C)C(=O)Cc1cncn1Cc1ccc(C#N)cc1. The van der Waals surface area contributed by atoms with Gasteiger partial charge in [-0.25, -0.2) is 4.98 Å². The van der Waals surface area contributed by atoms with Crippen LogP contribution < -0.4 is 11.1 Å². The number of nitrogens with zero attached hydrogens (tertiary/aromatic N) is 4. The van der Waals surface area contributed by atoms with Crippen LogP contribution >= 0.6 is 12.2 Å². The number of hydrogen-bond donors (Lipinski definition) is 2. The van der Waals surface area contributed by atoms with Crippen LogP contribution in [-0.2, 0) is 30.5 Å². The molecule has 0 aliphatic rings. The first-order valence-corrected chi connectivity index (χ1v) is 14.3. The minimum Gasteiger partial charge on any atom is -0.363 e. The summed E-state index contributed by atoms with van der Waals surface area (Å²) in [5.74, 6) is -0.761. The van der Waals surface area contributed by atoms with Crippen molar-refractivity contribution in [3.63, 3.8) is 0 Å². The molecular formula is C31H37F3N6OS. The molecule has 224 valence electrons. The zero-order valence-electron chi connectivity index (χ0n) is 24.1. The van der Waals surface area contributed by atoms with E-state index in [0.29, 0.717) is 30.8 Å². The molecule has 0 radical (unpaired) electrons. The number of imidazole rings is 1. The van der Waals surface area contributed by atoms with Crippen molar-refractivity contribution in [1.82, 2.24) is 19.8 Å². The van der Waals surface area contributed by atoms with Gasteiger partial charge in [0.25, 0.3) is 0 Å². The molecule has 1 unspecified atom stereocenters. The predicted molar refractivity (Wildman–Crippen MR) is 160 cm³/mol. The lowest BCUT2D eigenvalue weighted by Crippen LogP contribution is -2.55. The summed E-state index contributed by atoms with van der Waals surface area (Å²) < 4.78 is 43.4. The number of nitriles is 1. The van der Waals surface area contributed by atoms with Crippen LogP contribution in [0.5, 0.6) is 0 Å². The molecule has 0 bridgehead atoms. The maximum atomic E-state index is 13.9. The molecule has 7 nitrogen and oxygen atoms in total. The standard InChI is InChI=1S/C31H37F3N6OS/c1-4-13-38-30(42)40(19-24-7-5-6-8-27(24)31(32,33)34)29(36)26(14-21(2)3)28(41)15-25-17-37-20-39(25)18-23-11-9-22(16-35)10-12-23/h5-12,17,20-21,26,29H,4,13-15,18-19,36H2,1-3H3,(H,38,42)/t26-,29?/m1/s1. The predicted octanol–water partition coefficient (Wildman–Crippen LogP) is 5.67. The van der Waals surface area contributed by atoms with Crippen molar-refractivity contribution in [2.75, 3.05) is 6.54 Å². The van der Waals surface area contributed by atoms with Gasteiger partial charge in [-0.05, 0) is 60.3 Å². The summed E-state index contributed by atoms with van der Waals surface area (Å²) in [6, 6.07) is 14.6. The molecule has 1 heterocycles. The van der Waals surface area contributed by atoms with E-state index in [2.05, 4.69) is 16.4 Å². The maximum Gasteiger partial charge on any atom is 0.416 e. The molecule has 3 aromatic rings. The Bertz CT molecular complexity index is 1380. The number of hydrogen-bond acceptors (Lipinski definition) is 5. The molecule has 0 fully saturated rings. The van der Waals surface area contributed by atoms with E-state index in [4.69, 9.17) is 23.2 Å². The average Bonchev–Trinajstić information content (AvgIpc) is 3.38. The van der Waals surface area contributed by atoms with Crippen LogP contribution in [-0.4, -0.2) is 38.1 Å². The van der Waals surface area contributed by atoms with Gasteiger partial charge >= 0.3 is 6.18 Å². The highest BCUT2D eigenvalue weighted by Gasteiger charge is 2.36. The van der Waals surface area contributed by atoms with Gasteiger partial charge in [0.2, 0.25) is 0 Å². The number of carbonyl (C=O) groups is 1. The van der Waals surface area contributed by atoms with E-state index in [-0.39, 0.29) is 35.3 Å². The van der Waals surface area contributed by atoms with Crippen molar-refractivity contribution in [1.29, 1.82) is 5.26 Å². The Hall–Kier alpha value is -3.75. The number of nitrogens with two attached hydrogens (primary N) is 1. The lowest BCUT2D eigenvalue weighted by atomic mass is 9.88. The van der Waals surface area contributed by atoms with Crippen LogP contribution in [0, 0.1) is 23.2 Å². The Morgan fingerprint density at radius 1 is 1.19 bits per heavy atom. The molecule has 0 spiro atoms. The molecule has 0 aliphatic carbocycles. The number of alkyl halides is 3. The summed E-state index contributed by atoms with van der Waals surface area (Å²) >= 11 is 5.61. The summed E-state index contributed by atoms with van der Waals surface area (Å²) in [6.45, 7) is 6.66. The fraction of sp³-hybridized carbons (Fsp3) is 0.419. The van der Waals surface area contributed by atoms with Crippen molar-refractivity contribution < 1.29 is 18.0 Å². The molecule has 1 aromatic heterocycles. The van der Waals surface area contributed by atoms with Crippen molar-refractivity contribution in [3.8, 4) is 6.07 Å². The largest absolute Gasteiger partial charge is 0.416 e. The van der Waals surface area contributed by atoms with Crippen LogP contribution in [0.3, 0.4) is 0 Å². The number of Topliss-reactive ketones (excluding diaryl/α,β-unsaturated/α-hetero) is 1. The first kappa shape index (κ1) is 32.8. The van der Waals surface area contributed by atoms with Crippen molar-refractivity contribution in [2.24, 2.45) is 17.6 Å². The molecule has 2 aromatic carbocycles. The minimum absolute atomic E-state index is 0.0253. The van der Waals surface area contributed by atoms with Gasteiger partial charge in [0, 0.05) is 37.9 Å². The summed E-state index contributed by atoms with van der Waals surface area (Å²) in [7, 11) is 0. The van der Waals surface area contributed by atoms with Crippen LogP contribution in [0.1, 0.15) is 61.6 Å². The number of rotatable bonds is 13. The fourth-order valence-corrected chi connectivity index (χ4v) is 5.07. The van der Waals surface area contributed by atoms with Gasteiger partial charge in [0.1, 0.15) is 5.78 Å². The van der Waals surface area contributed by atoms with E-state index in [0.717, 1.165) is 18.1 Å². The number of carbonyl (C=O) groups excluding carboxylic acids is 1. The van der Waals surface area contributed by atoms with E-state index in [1.807, 2.05) is 37.5 Å². The van der Waals surface area contributed by atoms with Crippen LogP contribution in [0.25, 0.3) is 0 Å². The molecule has 0 aliphatic heterocycles. The minimum atomic E-state index is -4.55. The normalized spacial score (nSPS) is 12.9. The topological polar surface area (TPSA) is 100.0 Å². The Morgan fingerprint density at radius 2 is 1.88 bits per heavy atom. The highest BCUT2D eigenvalue weighted by atomic mass is 32.1. The van der Waals surface area contributed by atoms with Crippen LogP contribution in [0.2, 0.25) is 0 Å². The number of nitrogens with one attached hydrogen (secondary N) is 1. The smallest absolute Gasteiger partial charge is 0.363 e. The van der Waals surface area contributed by atoms with Gasteiger partial charge in [-0.1, -0.05) is 51.1 Å². The second-order valence-electron chi connectivity index (χ2n) is 10.7. The number of benzene rings is 2. The molecule has 11 heteroatoms. The van der Waals surface area contributed by atoms with E-state index in [1.54, 1.807) is 30.7 Å². The monoisotopic (exact) mass is 598 g/mol. The molecule has 0 saturated heterocycles. The Labute approximate surface area is 250 Å². The lowest BCUT2D eigenvalue weighted by molar-refractivity contribution is -0.138. The third-order valence-corrected chi connectivity index (χ3v) is 7.33. The quantitative estimate of drug-likeness (QED) is 0.193. The third-order valence-electron chi connectivity index (χ3n) is 6.95. The first-order chi connectivity index (χ1) is 19.9. The van der Waals surface area contributed by atoms with Gasteiger partial charge in [0.15, 0.2) is 5.11 Å². The van der Waals surface area contributed by atoms with E-state index in [9.17, 15) is 18.0 Å². The van der Waals surface area contributed by atoms with Crippen molar-refractivity contribution >= 4 is 23.1 Å². The van der Waals surface area contributed by atoms with Crippen molar-refractivity contribution in [2.45, 2.75) is 65.5 Å². The Morgan fingerprint density at radius 3 is 2.50 bits per heavy atom. The second kappa shape index (κ2) is 14.9. The van der Waals surface area contributed by atoms with Crippen LogP contribution in [0.15, 0.2) is 61.1 Å². The average molecular weight is 599 g/mol. The molecular weight excluding hydrogens is 561 g/mol. The fourth-order valence-electron chi connectivity index (χ4n) is 4.78. The molecule has 2 atom stereocenters. The van der Waals surface area contributed by atoms with E-state index in [1.165, 1.54) is 17.0 Å². The zero-order chi connectivity index (χ0) is 30.9. The summed E-state index contributed by atoms with van der Waals surface area (Å²) in [5, 5.41) is 12.3. The van der Waals surface area contributed by atoms with E-state index >= 15 is 0 Å². The Balaban J connectivity index is 1.89. The van der Waals surface area contributed by atoms with Gasteiger partial charge in [0.05, 0.1) is 35.6 Å². The van der Waals surface area contributed by atoms with Gasteiger partial charge < -0.3 is 20.5 Å². The van der Waals surface area contributed by atoms with Gasteiger partial charge in [-0.15, -0.1) is 0 Å². The highest BCUT2D eigenvalue weighted by Crippen LogP contribution is 2.33. The van der Waals surface area contributed by atoms with Crippen LogP contribution in [0.4, 0.5) is 13.2 Å². The zero-order valence-corrected chi connectivity index (χ0v) is 24.9. The molecule has 42 heavy (non-hydrogen) atoms. The number of thiocarbonyl (C=S) groups is 1.